The minimum absolute atomic E-state index is 0.0672. The third-order valence-electron chi connectivity index (χ3n) is 6.93. The molecule has 0 aliphatic carbocycles. The van der Waals surface area contributed by atoms with Gasteiger partial charge in [0.15, 0.2) is 0 Å². The molecular formula is C30H29N3O5S. The van der Waals surface area contributed by atoms with E-state index < -0.39 is 28.3 Å². The third-order valence-corrected chi connectivity index (χ3v) is 8.16. The maximum absolute atomic E-state index is 12.9. The van der Waals surface area contributed by atoms with Crippen LogP contribution >= 0.6 is 0 Å². The first-order valence-corrected chi connectivity index (χ1v) is 14.1. The Morgan fingerprint density at radius 1 is 1.03 bits per heavy atom. The van der Waals surface area contributed by atoms with Gasteiger partial charge in [-0.2, -0.15) is 18.4 Å². The number of para-hydroxylation sites is 1. The molecule has 1 heterocycles. The van der Waals surface area contributed by atoms with Crippen LogP contribution in [-0.2, 0) is 10.0 Å². The molecule has 0 aromatic heterocycles. The molecule has 2 atom stereocenters. The number of hydrogen-bond donors (Lipinski definition) is 2. The fraction of sp³-hybridized carbons (Fsp3) is 0.200. The fourth-order valence-electron chi connectivity index (χ4n) is 4.85. The summed E-state index contributed by atoms with van der Waals surface area (Å²) in [6, 6.07) is 27.0. The molecular weight excluding hydrogens is 514 g/mol. The van der Waals surface area contributed by atoms with E-state index in [-0.39, 0.29) is 17.9 Å². The van der Waals surface area contributed by atoms with Gasteiger partial charge in [-0.15, -0.1) is 0 Å². The summed E-state index contributed by atoms with van der Waals surface area (Å²) in [5.74, 6) is 0.519. The van der Waals surface area contributed by atoms with E-state index in [1.165, 1.54) is 17.0 Å². The normalized spacial score (nSPS) is 16.8. The molecule has 1 aliphatic rings. The van der Waals surface area contributed by atoms with E-state index >= 15 is 0 Å². The van der Waals surface area contributed by atoms with Crippen LogP contribution in [0.2, 0.25) is 0 Å². The lowest BCUT2D eigenvalue weighted by atomic mass is 9.97. The summed E-state index contributed by atoms with van der Waals surface area (Å²) in [6.07, 6.45) is -1.42. The number of benzene rings is 4. The lowest BCUT2D eigenvalue weighted by molar-refractivity contribution is 0.0908. The van der Waals surface area contributed by atoms with Crippen molar-refractivity contribution in [2.24, 2.45) is 5.10 Å². The van der Waals surface area contributed by atoms with Gasteiger partial charge in [-0.05, 0) is 54.4 Å². The molecule has 200 valence electrons. The van der Waals surface area contributed by atoms with Crippen LogP contribution in [0.1, 0.15) is 36.1 Å². The molecule has 1 aliphatic heterocycles. The molecule has 1 amide bonds. The van der Waals surface area contributed by atoms with Gasteiger partial charge in [0.2, 0.25) is 0 Å². The van der Waals surface area contributed by atoms with Crippen molar-refractivity contribution < 1.29 is 23.1 Å². The number of nitrogens with one attached hydrogen (secondary N) is 1. The van der Waals surface area contributed by atoms with Crippen molar-refractivity contribution in [2.45, 2.75) is 37.3 Å². The van der Waals surface area contributed by atoms with Crippen molar-refractivity contribution >= 4 is 32.6 Å². The van der Waals surface area contributed by atoms with Crippen molar-refractivity contribution in [1.29, 1.82) is 0 Å². The predicted octanol–water partition coefficient (Wildman–Crippen LogP) is 5.72. The summed E-state index contributed by atoms with van der Waals surface area (Å²) in [5.41, 5.74) is 2.97. The third kappa shape index (κ3) is 5.58. The Bertz CT molecular complexity index is 1650. The van der Waals surface area contributed by atoms with E-state index in [1.807, 2.05) is 68.4 Å². The van der Waals surface area contributed by atoms with E-state index in [1.54, 1.807) is 24.3 Å². The summed E-state index contributed by atoms with van der Waals surface area (Å²) >= 11 is 0. The smallest absolute Gasteiger partial charge is 0.407 e. The van der Waals surface area contributed by atoms with Crippen LogP contribution in [0.15, 0.2) is 101 Å². The van der Waals surface area contributed by atoms with Crippen molar-refractivity contribution in [1.82, 2.24) is 9.73 Å². The molecule has 4 aromatic carbocycles. The molecule has 0 fully saturated rings. The Kier molecular flexibility index (Phi) is 7.26. The standard InChI is InChI=1S/C30H29N3O5S/c1-20-14-16-24(17-15-20)39(36,37)32-31-28-18-23(38-29-13-6-5-11-27(28)29)19-33(30(34)35)21(2)25-12-7-9-22-8-3-4-10-26(22)25/h3-17,21,23,32H,18-19H2,1-2H3,(H,34,35)/b31-28+/t21-,23?/m1/s1. The molecule has 0 radical (unpaired) electrons. The van der Waals surface area contributed by atoms with E-state index in [0.717, 1.165) is 21.9 Å². The second kappa shape index (κ2) is 10.8. The summed E-state index contributed by atoms with van der Waals surface area (Å²) < 4.78 is 31.9. The summed E-state index contributed by atoms with van der Waals surface area (Å²) in [7, 11) is -3.89. The van der Waals surface area contributed by atoms with Gasteiger partial charge in [0.05, 0.1) is 23.2 Å². The number of sulfonamides is 1. The number of carboxylic acid groups (broad SMARTS) is 1. The molecule has 0 saturated heterocycles. The minimum Gasteiger partial charge on any atom is -0.487 e. The average molecular weight is 544 g/mol. The summed E-state index contributed by atoms with van der Waals surface area (Å²) in [5, 5.41) is 16.5. The Balaban J connectivity index is 1.42. The number of hydrazone groups is 1. The zero-order chi connectivity index (χ0) is 27.6. The summed E-state index contributed by atoms with van der Waals surface area (Å²) in [4.78, 5) is 16.2. The lowest BCUT2D eigenvalue weighted by Gasteiger charge is -2.34. The zero-order valence-corrected chi connectivity index (χ0v) is 22.4. The topological polar surface area (TPSA) is 108 Å². The highest BCUT2D eigenvalue weighted by Gasteiger charge is 2.31. The first-order valence-electron chi connectivity index (χ1n) is 12.6. The number of ether oxygens (including phenoxy) is 1. The van der Waals surface area contributed by atoms with Crippen LogP contribution in [0.3, 0.4) is 0 Å². The van der Waals surface area contributed by atoms with E-state index in [2.05, 4.69) is 9.93 Å². The van der Waals surface area contributed by atoms with Crippen LogP contribution in [0.4, 0.5) is 4.79 Å². The first-order chi connectivity index (χ1) is 18.7. The number of hydrogen-bond acceptors (Lipinski definition) is 5. The minimum atomic E-state index is -3.89. The molecule has 9 heteroatoms. The lowest BCUT2D eigenvalue weighted by Crippen LogP contribution is -2.43. The number of rotatable bonds is 7. The van der Waals surface area contributed by atoms with Crippen LogP contribution in [0, 0.1) is 6.92 Å². The van der Waals surface area contributed by atoms with Gasteiger partial charge in [-0.25, -0.2) is 4.79 Å². The largest absolute Gasteiger partial charge is 0.487 e. The molecule has 39 heavy (non-hydrogen) atoms. The Labute approximate surface area is 227 Å². The van der Waals surface area contributed by atoms with Crippen LogP contribution in [0.25, 0.3) is 10.8 Å². The quantitative estimate of drug-likeness (QED) is 0.290. The molecule has 2 N–H and O–H groups in total. The van der Waals surface area contributed by atoms with Crippen LogP contribution in [-0.4, -0.2) is 42.9 Å². The number of fused-ring (bicyclic) bond motifs is 2. The number of carbonyl (C=O) groups is 1. The second-order valence-electron chi connectivity index (χ2n) is 9.59. The maximum atomic E-state index is 12.9. The van der Waals surface area contributed by atoms with Gasteiger partial charge in [0.25, 0.3) is 10.0 Å². The van der Waals surface area contributed by atoms with Gasteiger partial charge in [0, 0.05) is 12.0 Å². The second-order valence-corrected chi connectivity index (χ2v) is 11.2. The van der Waals surface area contributed by atoms with E-state index in [9.17, 15) is 18.3 Å². The van der Waals surface area contributed by atoms with Gasteiger partial charge < -0.3 is 9.84 Å². The van der Waals surface area contributed by atoms with Crippen LogP contribution < -0.4 is 9.57 Å². The molecule has 5 rings (SSSR count). The Morgan fingerprint density at radius 2 is 1.72 bits per heavy atom. The summed E-state index contributed by atoms with van der Waals surface area (Å²) in [6.45, 7) is 3.81. The highest BCUT2D eigenvalue weighted by Crippen LogP contribution is 2.32. The van der Waals surface area contributed by atoms with E-state index in [0.29, 0.717) is 17.0 Å². The SMILES string of the molecule is Cc1ccc(S(=O)(=O)N/N=C2\CC(CN(C(=O)O)[C@H](C)c3cccc4ccccc34)Oc3ccccc32)cc1. The molecule has 8 nitrogen and oxygen atoms in total. The average Bonchev–Trinajstić information content (AvgIpc) is 2.94. The van der Waals surface area contributed by atoms with Gasteiger partial charge in [-0.3, -0.25) is 4.90 Å². The molecule has 1 unspecified atom stereocenters. The molecule has 0 spiro atoms. The van der Waals surface area contributed by atoms with Gasteiger partial charge in [-0.1, -0.05) is 72.3 Å². The van der Waals surface area contributed by atoms with E-state index in [4.69, 9.17) is 4.74 Å². The maximum Gasteiger partial charge on any atom is 0.407 e. The highest BCUT2D eigenvalue weighted by molar-refractivity contribution is 7.89. The van der Waals surface area contributed by atoms with Gasteiger partial charge in [0.1, 0.15) is 11.9 Å². The van der Waals surface area contributed by atoms with Crippen LogP contribution in [0.5, 0.6) is 5.75 Å². The van der Waals surface area contributed by atoms with Gasteiger partial charge >= 0.3 is 6.09 Å². The van der Waals surface area contributed by atoms with Crippen molar-refractivity contribution in [2.75, 3.05) is 6.54 Å². The first kappa shape index (κ1) is 26.2. The van der Waals surface area contributed by atoms with Crippen molar-refractivity contribution in [3.63, 3.8) is 0 Å². The Hall–Kier alpha value is -4.37. The zero-order valence-electron chi connectivity index (χ0n) is 21.6. The predicted molar refractivity (Wildman–Crippen MR) is 151 cm³/mol. The fourth-order valence-corrected chi connectivity index (χ4v) is 5.68. The number of aryl methyl sites for hydroxylation is 1. The molecule has 4 aromatic rings. The molecule has 0 saturated carbocycles. The number of nitrogens with zero attached hydrogens (tertiary/aromatic N) is 2. The van der Waals surface area contributed by atoms with Crippen molar-refractivity contribution in [3.8, 4) is 5.75 Å². The molecule has 0 bridgehead atoms. The van der Waals surface area contributed by atoms with Crippen molar-refractivity contribution in [3.05, 3.63) is 108 Å². The number of amides is 1. The Morgan fingerprint density at radius 3 is 2.49 bits per heavy atom. The highest BCUT2D eigenvalue weighted by atomic mass is 32.2. The monoisotopic (exact) mass is 543 g/mol.